The number of aromatic nitrogens is 1. The van der Waals surface area contributed by atoms with Gasteiger partial charge in [0, 0.05) is 57.6 Å². The van der Waals surface area contributed by atoms with Crippen LogP contribution in [0.1, 0.15) is 11.8 Å². The average Bonchev–Trinajstić information content (AvgIpc) is 3.71. The van der Waals surface area contributed by atoms with Crippen molar-refractivity contribution in [3.63, 3.8) is 0 Å². The molecule has 4 nitrogen and oxygen atoms in total. The minimum absolute atomic E-state index is 0.260. The molecule has 0 fully saturated rings. The zero-order valence-electron chi connectivity index (χ0n) is 19.8. The molecular formula is C30H20N2O2S3. The van der Waals surface area contributed by atoms with E-state index in [0.29, 0.717) is 0 Å². The van der Waals surface area contributed by atoms with Gasteiger partial charge in [0.25, 0.3) is 0 Å². The van der Waals surface area contributed by atoms with Crippen molar-refractivity contribution in [1.29, 1.82) is 5.26 Å². The Morgan fingerprint density at radius 3 is 2.16 bits per heavy atom. The van der Waals surface area contributed by atoms with E-state index in [9.17, 15) is 4.79 Å². The normalized spacial score (nSPS) is 11.8. The van der Waals surface area contributed by atoms with Crippen LogP contribution in [0.4, 0.5) is 0 Å². The largest absolute Gasteiger partial charge is 0.477 e. The van der Waals surface area contributed by atoms with Gasteiger partial charge in [-0.25, -0.2) is 4.79 Å². The Kier molecular flexibility index (Phi) is 6.01. The molecule has 0 spiro atoms. The molecule has 0 amide bonds. The lowest BCUT2D eigenvalue weighted by atomic mass is 10.1. The van der Waals surface area contributed by atoms with Gasteiger partial charge < -0.3 is 9.67 Å². The number of carboxylic acid groups (broad SMARTS) is 1. The van der Waals surface area contributed by atoms with Crippen LogP contribution >= 0.6 is 34.0 Å². The summed E-state index contributed by atoms with van der Waals surface area (Å²) in [5, 5.41) is 20.7. The average molecular weight is 537 g/mol. The van der Waals surface area contributed by atoms with Crippen molar-refractivity contribution in [2.75, 3.05) is 0 Å². The van der Waals surface area contributed by atoms with Crippen LogP contribution in [-0.2, 0) is 11.3 Å². The number of carboxylic acids is 1. The first-order chi connectivity index (χ1) is 18.1. The van der Waals surface area contributed by atoms with Crippen molar-refractivity contribution < 1.29 is 9.90 Å². The maximum absolute atomic E-state index is 11.1. The molecule has 1 N–H and O–H groups in total. The third kappa shape index (κ3) is 4.19. The summed E-state index contributed by atoms with van der Waals surface area (Å²) < 4.78 is 2.37. The summed E-state index contributed by atoms with van der Waals surface area (Å²) in [6.07, 6.45) is 1.42. The number of thiophene rings is 3. The lowest BCUT2D eigenvalue weighted by Crippen LogP contribution is -1.96. The number of aryl methyl sites for hydroxylation is 1. The lowest BCUT2D eigenvalue weighted by molar-refractivity contribution is -0.132. The highest BCUT2D eigenvalue weighted by atomic mass is 32.1. The fraction of sp³-hybridized carbons (Fsp3) is 0.0667. The standard InChI is InChI=1S/C30H20N2O2S3/c1-2-32-23-6-4-3-5-21(23)22-16-18(7-9-24(22)32)25-11-12-28(36-25)29-14-13-27(37-29)26-10-8-20(35-26)15-19(17-31)30(33)34/h3-16H,2H2,1H3,(H,33,34)/b19-15-. The van der Waals surface area contributed by atoms with Crippen LogP contribution in [-0.4, -0.2) is 15.6 Å². The molecule has 2 aromatic carbocycles. The first kappa shape index (κ1) is 23.4. The number of rotatable bonds is 6. The van der Waals surface area contributed by atoms with Crippen LogP contribution in [0.15, 0.2) is 84.4 Å². The Morgan fingerprint density at radius 2 is 1.46 bits per heavy atom. The maximum Gasteiger partial charge on any atom is 0.346 e. The second-order valence-electron chi connectivity index (χ2n) is 8.50. The number of nitrogens with zero attached hydrogens (tertiary/aromatic N) is 2. The predicted octanol–water partition coefficient (Wildman–Crippen LogP) is 8.99. The zero-order valence-corrected chi connectivity index (χ0v) is 22.2. The molecule has 0 aliphatic heterocycles. The van der Waals surface area contributed by atoms with Gasteiger partial charge in [0.15, 0.2) is 0 Å². The Hall–Kier alpha value is -3.96. The smallest absolute Gasteiger partial charge is 0.346 e. The van der Waals surface area contributed by atoms with Crippen molar-refractivity contribution in [3.05, 3.63) is 89.3 Å². The molecule has 0 saturated carbocycles. The molecule has 4 heterocycles. The third-order valence-corrected chi connectivity index (χ3v) is 9.98. The Bertz CT molecular complexity index is 1870. The topological polar surface area (TPSA) is 66.0 Å². The van der Waals surface area contributed by atoms with Crippen LogP contribution < -0.4 is 0 Å². The Balaban J connectivity index is 1.30. The summed E-state index contributed by atoms with van der Waals surface area (Å²) in [6, 6.07) is 29.6. The fourth-order valence-electron chi connectivity index (χ4n) is 4.62. The van der Waals surface area contributed by atoms with Crippen LogP contribution in [0.3, 0.4) is 0 Å². The van der Waals surface area contributed by atoms with Gasteiger partial charge in [0.2, 0.25) is 0 Å². The number of aliphatic carboxylic acids is 1. The molecule has 0 aliphatic rings. The van der Waals surface area contributed by atoms with E-state index >= 15 is 0 Å². The van der Waals surface area contributed by atoms with Gasteiger partial charge in [0.1, 0.15) is 11.6 Å². The Labute approximate surface area is 225 Å². The molecule has 6 rings (SSSR count). The fourth-order valence-corrected chi connectivity index (χ4v) is 7.76. The van der Waals surface area contributed by atoms with E-state index in [0.717, 1.165) is 21.2 Å². The number of carbonyl (C=O) groups is 1. The van der Waals surface area contributed by atoms with Gasteiger partial charge in [0.05, 0.1) is 0 Å². The second kappa shape index (κ2) is 9.49. The molecule has 4 aromatic heterocycles. The molecule has 0 saturated heterocycles. The summed E-state index contributed by atoms with van der Waals surface area (Å²) in [6.45, 7) is 3.13. The molecule has 7 heteroatoms. The predicted molar refractivity (Wildman–Crippen MR) is 156 cm³/mol. The number of hydrogen-bond donors (Lipinski definition) is 1. The first-order valence-electron chi connectivity index (χ1n) is 11.7. The van der Waals surface area contributed by atoms with E-state index in [1.807, 2.05) is 12.1 Å². The van der Waals surface area contributed by atoms with Gasteiger partial charge in [-0.3, -0.25) is 0 Å². The lowest BCUT2D eigenvalue weighted by Gasteiger charge is -2.03. The molecule has 180 valence electrons. The molecule has 0 radical (unpaired) electrons. The van der Waals surface area contributed by atoms with Gasteiger partial charge in [-0.05, 0) is 73.2 Å². The Morgan fingerprint density at radius 1 is 0.838 bits per heavy atom. The minimum atomic E-state index is -1.21. The van der Waals surface area contributed by atoms with E-state index in [4.69, 9.17) is 10.4 Å². The SMILES string of the molecule is CCn1c2ccccc2c2cc(-c3ccc(-c4ccc(-c5ccc(/C=C(/C#N)C(=O)O)s5)s4)s3)ccc21. The summed E-state index contributed by atoms with van der Waals surface area (Å²) in [4.78, 5) is 17.7. The van der Waals surface area contributed by atoms with Gasteiger partial charge in [-0.1, -0.05) is 24.3 Å². The third-order valence-electron chi connectivity index (χ3n) is 6.34. The molecule has 0 bridgehead atoms. The van der Waals surface area contributed by atoms with Crippen molar-refractivity contribution in [3.8, 4) is 36.0 Å². The second-order valence-corrected chi connectivity index (χ2v) is 11.8. The van der Waals surface area contributed by atoms with E-state index < -0.39 is 5.97 Å². The highest BCUT2D eigenvalue weighted by Gasteiger charge is 2.14. The molecule has 6 aromatic rings. The molecule has 0 atom stereocenters. The van der Waals surface area contributed by atoms with E-state index in [-0.39, 0.29) is 5.57 Å². The van der Waals surface area contributed by atoms with Gasteiger partial charge in [-0.15, -0.1) is 34.0 Å². The monoisotopic (exact) mass is 536 g/mol. The van der Waals surface area contributed by atoms with Crippen molar-refractivity contribution in [1.82, 2.24) is 4.57 Å². The first-order valence-corrected chi connectivity index (χ1v) is 14.2. The number of para-hydroxylation sites is 1. The van der Waals surface area contributed by atoms with Crippen molar-refractivity contribution in [2.45, 2.75) is 13.5 Å². The summed E-state index contributed by atoms with van der Waals surface area (Å²) in [7, 11) is 0. The van der Waals surface area contributed by atoms with Crippen molar-refractivity contribution >= 4 is 67.9 Å². The van der Waals surface area contributed by atoms with E-state index in [1.165, 1.54) is 59.4 Å². The molecule has 0 unspecified atom stereocenters. The molecular weight excluding hydrogens is 517 g/mol. The van der Waals surface area contributed by atoms with Crippen molar-refractivity contribution in [2.24, 2.45) is 0 Å². The molecule has 0 aliphatic carbocycles. The van der Waals surface area contributed by atoms with Gasteiger partial charge in [-0.2, -0.15) is 5.26 Å². The van der Waals surface area contributed by atoms with Gasteiger partial charge >= 0.3 is 5.97 Å². The summed E-state index contributed by atoms with van der Waals surface area (Å²) >= 11 is 4.99. The summed E-state index contributed by atoms with van der Waals surface area (Å²) in [5.74, 6) is -1.21. The highest BCUT2D eigenvalue weighted by Crippen LogP contribution is 2.43. The number of fused-ring (bicyclic) bond motifs is 3. The van der Waals surface area contributed by atoms with E-state index in [2.05, 4.69) is 78.2 Å². The van der Waals surface area contributed by atoms with Crippen LogP contribution in [0.5, 0.6) is 0 Å². The van der Waals surface area contributed by atoms with E-state index in [1.54, 1.807) is 28.7 Å². The number of hydrogen-bond acceptors (Lipinski definition) is 5. The maximum atomic E-state index is 11.1. The summed E-state index contributed by atoms with van der Waals surface area (Å²) in [5.41, 5.74) is 3.50. The quantitative estimate of drug-likeness (QED) is 0.171. The van der Waals surface area contributed by atoms with Crippen LogP contribution in [0.25, 0.3) is 57.8 Å². The minimum Gasteiger partial charge on any atom is -0.477 e. The molecule has 37 heavy (non-hydrogen) atoms. The number of nitriles is 1. The van der Waals surface area contributed by atoms with Crippen LogP contribution in [0, 0.1) is 11.3 Å². The van der Waals surface area contributed by atoms with Crippen LogP contribution in [0.2, 0.25) is 0 Å². The number of benzene rings is 2. The zero-order chi connectivity index (χ0) is 25.5. The highest BCUT2D eigenvalue weighted by molar-refractivity contribution is 7.27.